The summed E-state index contributed by atoms with van der Waals surface area (Å²) < 4.78 is 4.44. The van der Waals surface area contributed by atoms with Crippen molar-refractivity contribution in [1.29, 1.82) is 0 Å². The van der Waals surface area contributed by atoms with E-state index in [0.717, 1.165) is 22.3 Å². The first kappa shape index (κ1) is 20.1. The van der Waals surface area contributed by atoms with Crippen molar-refractivity contribution in [2.24, 2.45) is 12.8 Å². The summed E-state index contributed by atoms with van der Waals surface area (Å²) in [7, 11) is 1.80. The zero-order valence-electron chi connectivity index (χ0n) is 16.6. The van der Waals surface area contributed by atoms with Crippen LogP contribution < -0.4 is 16.4 Å². The molecule has 0 aliphatic carbocycles. The number of hydrogen-bond acceptors (Lipinski definition) is 9. The van der Waals surface area contributed by atoms with Gasteiger partial charge in [0.25, 0.3) is 0 Å². The predicted octanol–water partition coefficient (Wildman–Crippen LogP) is 1.46. The Balaban J connectivity index is 1.53. The molecule has 0 unspecified atom stereocenters. The number of hydrogen-bond donors (Lipinski definition) is 2. The number of tetrazole rings is 1. The van der Waals surface area contributed by atoms with Crippen molar-refractivity contribution in [3.05, 3.63) is 45.7 Å². The lowest BCUT2D eigenvalue weighted by Gasteiger charge is -2.26. The van der Waals surface area contributed by atoms with Crippen molar-refractivity contribution in [2.45, 2.75) is 18.5 Å². The van der Waals surface area contributed by atoms with E-state index in [4.69, 9.17) is 23.1 Å². The van der Waals surface area contributed by atoms with E-state index in [2.05, 4.69) is 51.3 Å². The van der Waals surface area contributed by atoms with Crippen LogP contribution in [0.1, 0.15) is 17.8 Å². The first-order valence-electron chi connectivity index (χ1n) is 9.51. The third-order valence-corrected chi connectivity index (χ3v) is 6.53. The molecule has 4 heterocycles. The molecular formula is C18H19BrClN11. The second-order valence-electron chi connectivity index (χ2n) is 7.64. The van der Waals surface area contributed by atoms with Crippen LogP contribution in [0.2, 0.25) is 5.02 Å². The normalized spacial score (nSPS) is 18.9. The number of anilines is 2. The van der Waals surface area contributed by atoms with Crippen LogP contribution in [0.4, 0.5) is 11.5 Å². The Morgan fingerprint density at radius 1 is 1.26 bits per heavy atom. The molecule has 1 aliphatic heterocycles. The summed E-state index contributed by atoms with van der Waals surface area (Å²) in [5.74, 6) is 1.01. The van der Waals surface area contributed by atoms with Crippen molar-refractivity contribution in [1.82, 2.24) is 39.7 Å². The Labute approximate surface area is 190 Å². The molecule has 160 valence electrons. The van der Waals surface area contributed by atoms with Crippen LogP contribution in [0, 0.1) is 0 Å². The van der Waals surface area contributed by atoms with Crippen molar-refractivity contribution in [3.63, 3.8) is 0 Å². The lowest BCUT2D eigenvalue weighted by Crippen LogP contribution is -2.42. The number of aromatic nitrogens is 8. The van der Waals surface area contributed by atoms with Crippen molar-refractivity contribution in [3.8, 4) is 0 Å². The quantitative estimate of drug-likeness (QED) is 0.422. The van der Waals surface area contributed by atoms with Gasteiger partial charge in [0.05, 0.1) is 18.4 Å². The molecule has 4 aromatic rings. The molecule has 1 atom stereocenters. The number of nitrogens with zero attached hydrogens (tertiary/aromatic N) is 9. The first-order valence-corrected chi connectivity index (χ1v) is 10.7. The minimum atomic E-state index is -0.659. The minimum absolute atomic E-state index is 0.351. The van der Waals surface area contributed by atoms with Crippen LogP contribution in [0.5, 0.6) is 0 Å². The number of imidazole rings is 1. The Morgan fingerprint density at radius 3 is 2.87 bits per heavy atom. The van der Waals surface area contributed by atoms with Gasteiger partial charge in [-0.3, -0.25) is 0 Å². The van der Waals surface area contributed by atoms with E-state index in [0.29, 0.717) is 47.3 Å². The molecule has 5 rings (SSSR count). The monoisotopic (exact) mass is 503 g/mol. The molecule has 13 heteroatoms. The largest absolute Gasteiger partial charge is 0.382 e. The molecule has 31 heavy (non-hydrogen) atoms. The molecule has 1 aromatic carbocycles. The van der Waals surface area contributed by atoms with Crippen molar-refractivity contribution < 1.29 is 0 Å². The fourth-order valence-electron chi connectivity index (χ4n) is 4.09. The van der Waals surface area contributed by atoms with Gasteiger partial charge >= 0.3 is 0 Å². The molecule has 0 amide bonds. The summed E-state index contributed by atoms with van der Waals surface area (Å²) in [4.78, 5) is 14.9. The van der Waals surface area contributed by atoms with Gasteiger partial charge < -0.3 is 20.9 Å². The first-order chi connectivity index (χ1) is 14.9. The molecular weight excluding hydrogens is 486 g/mol. The zero-order valence-corrected chi connectivity index (χ0v) is 18.9. The van der Waals surface area contributed by atoms with Crippen LogP contribution in [-0.2, 0) is 19.1 Å². The average Bonchev–Trinajstić information content (AvgIpc) is 3.44. The van der Waals surface area contributed by atoms with E-state index in [9.17, 15) is 0 Å². The molecule has 0 radical (unpaired) electrons. The van der Waals surface area contributed by atoms with Gasteiger partial charge in [0.2, 0.25) is 0 Å². The molecule has 0 bridgehead atoms. The van der Waals surface area contributed by atoms with E-state index >= 15 is 0 Å². The Bertz CT molecular complexity index is 1280. The molecule has 0 spiro atoms. The maximum Gasteiger partial charge on any atom is 0.172 e. The molecule has 11 nitrogen and oxygen atoms in total. The number of nitrogen functional groups attached to an aromatic ring is 1. The van der Waals surface area contributed by atoms with E-state index in [-0.39, 0.29) is 0 Å². The Hall–Kier alpha value is -2.83. The van der Waals surface area contributed by atoms with Gasteiger partial charge in [-0.05, 0) is 29.0 Å². The topological polar surface area (TPSA) is 142 Å². The lowest BCUT2D eigenvalue weighted by atomic mass is 9.99. The number of rotatable bonds is 4. The number of benzene rings is 1. The molecule has 1 aliphatic rings. The van der Waals surface area contributed by atoms with Gasteiger partial charge in [-0.25, -0.2) is 19.6 Å². The fraction of sp³-hybridized carbons (Fsp3) is 0.333. The highest BCUT2D eigenvalue weighted by molar-refractivity contribution is 9.10. The van der Waals surface area contributed by atoms with Gasteiger partial charge in [-0.2, -0.15) is 0 Å². The maximum absolute atomic E-state index is 6.71. The molecule has 1 saturated heterocycles. The highest BCUT2D eigenvalue weighted by Gasteiger charge is 2.41. The van der Waals surface area contributed by atoms with Gasteiger partial charge in [0.15, 0.2) is 17.3 Å². The fourth-order valence-corrected chi connectivity index (χ4v) is 5.01. The molecule has 3 aromatic heterocycles. The number of nitrogens with two attached hydrogens (primary N) is 2. The summed E-state index contributed by atoms with van der Waals surface area (Å²) >= 11 is 10.1. The SMILES string of the molecule is Cn1nnnc1[C@@]1(N)CCN(c2cc(Cl)cc(Br)c2Cn2cnc3c(N)ncnc32)C1. The Kier molecular flexibility index (Phi) is 4.79. The summed E-state index contributed by atoms with van der Waals surface area (Å²) in [6.07, 6.45) is 3.86. The number of aryl methyl sites for hydroxylation is 1. The lowest BCUT2D eigenvalue weighted by molar-refractivity contribution is 0.440. The standard InChI is InChI=1S/C18H19BrClN11/c1-29-17(26-27-28-29)18(22)2-3-30(7-18)13-5-10(20)4-12(19)11(13)6-31-9-25-14-15(21)23-8-24-16(14)31/h4-5,8-9H,2-3,6-7,22H2,1H3,(H2,21,23,24)/t18-/m1/s1. The van der Waals surface area contributed by atoms with Crippen LogP contribution in [0.15, 0.2) is 29.3 Å². The third kappa shape index (κ3) is 3.40. The molecule has 4 N–H and O–H groups in total. The maximum atomic E-state index is 6.71. The summed E-state index contributed by atoms with van der Waals surface area (Å²) in [5, 5.41) is 12.4. The van der Waals surface area contributed by atoms with E-state index in [1.807, 2.05) is 16.7 Å². The van der Waals surface area contributed by atoms with Crippen LogP contribution >= 0.6 is 27.5 Å². The molecule has 0 saturated carbocycles. The highest BCUT2D eigenvalue weighted by Crippen LogP contribution is 2.38. The van der Waals surface area contributed by atoms with Gasteiger partial charge in [-0.1, -0.05) is 27.5 Å². The zero-order chi connectivity index (χ0) is 21.8. The molecule has 1 fully saturated rings. The second kappa shape index (κ2) is 7.39. The van der Waals surface area contributed by atoms with Crippen LogP contribution in [0.25, 0.3) is 11.2 Å². The predicted molar refractivity (Wildman–Crippen MR) is 119 cm³/mol. The van der Waals surface area contributed by atoms with E-state index < -0.39 is 5.54 Å². The van der Waals surface area contributed by atoms with Gasteiger partial charge in [0.1, 0.15) is 11.8 Å². The Morgan fingerprint density at radius 2 is 2.10 bits per heavy atom. The number of fused-ring (bicyclic) bond motifs is 1. The third-order valence-electron chi connectivity index (χ3n) is 5.60. The van der Waals surface area contributed by atoms with E-state index in [1.54, 1.807) is 18.1 Å². The second-order valence-corrected chi connectivity index (χ2v) is 8.93. The van der Waals surface area contributed by atoms with Crippen molar-refractivity contribution in [2.75, 3.05) is 23.7 Å². The average molecular weight is 505 g/mol. The van der Waals surface area contributed by atoms with Gasteiger partial charge in [0, 0.05) is 40.9 Å². The number of halogens is 2. The van der Waals surface area contributed by atoms with Crippen molar-refractivity contribution >= 4 is 50.2 Å². The van der Waals surface area contributed by atoms with Gasteiger partial charge in [-0.15, -0.1) is 5.10 Å². The van der Waals surface area contributed by atoms with Crippen LogP contribution in [0.3, 0.4) is 0 Å². The van der Waals surface area contributed by atoms with Crippen LogP contribution in [-0.4, -0.2) is 52.8 Å². The minimum Gasteiger partial charge on any atom is -0.382 e. The summed E-state index contributed by atoms with van der Waals surface area (Å²) in [6.45, 7) is 1.81. The summed E-state index contributed by atoms with van der Waals surface area (Å²) in [6, 6.07) is 3.83. The summed E-state index contributed by atoms with van der Waals surface area (Å²) in [5.41, 5.74) is 15.2. The van der Waals surface area contributed by atoms with E-state index in [1.165, 1.54) is 6.33 Å². The smallest absolute Gasteiger partial charge is 0.172 e. The highest BCUT2D eigenvalue weighted by atomic mass is 79.9.